The fraction of sp³-hybridized carbons (Fsp3) is 0.615. The van der Waals surface area contributed by atoms with Gasteiger partial charge in [0.15, 0.2) is 5.09 Å². The maximum absolute atomic E-state index is 10.7. The third-order valence-corrected chi connectivity index (χ3v) is 4.97. The molecule has 2 aliphatic rings. The standard InChI is InChI=1S/C13H16O4S/c14-12(15)10-2-3-11(17-10)18-9-4-7-16-13(8-9)5-1-6-13/h2-3,9H,1,4-8H2,(H,14,15). The molecule has 1 unspecified atom stereocenters. The van der Waals surface area contributed by atoms with E-state index in [0.29, 0.717) is 10.3 Å². The van der Waals surface area contributed by atoms with Crippen molar-refractivity contribution >= 4 is 17.7 Å². The summed E-state index contributed by atoms with van der Waals surface area (Å²) in [6.07, 6.45) is 5.67. The normalized spacial score (nSPS) is 25.9. The van der Waals surface area contributed by atoms with Gasteiger partial charge in [-0.1, -0.05) is 11.8 Å². The lowest BCUT2D eigenvalue weighted by molar-refractivity contribution is -0.125. The number of carboxylic acids is 1. The highest BCUT2D eigenvalue weighted by atomic mass is 32.2. The predicted octanol–water partition coefficient (Wildman–Crippen LogP) is 3.17. The number of rotatable bonds is 3. The third-order valence-electron chi connectivity index (χ3n) is 3.79. The zero-order valence-corrected chi connectivity index (χ0v) is 10.9. The van der Waals surface area contributed by atoms with Crippen LogP contribution in [0, 0.1) is 0 Å². The molecule has 2 fully saturated rings. The molecule has 5 heteroatoms. The van der Waals surface area contributed by atoms with E-state index in [1.54, 1.807) is 17.8 Å². The number of hydrogen-bond acceptors (Lipinski definition) is 4. The molecule has 0 radical (unpaired) electrons. The second-order valence-corrected chi connectivity index (χ2v) is 6.35. The van der Waals surface area contributed by atoms with Crippen molar-refractivity contribution in [1.29, 1.82) is 0 Å². The summed E-state index contributed by atoms with van der Waals surface area (Å²) in [5.74, 6) is -0.993. The quantitative estimate of drug-likeness (QED) is 0.912. The molecule has 1 spiro atoms. The number of hydrogen-bond donors (Lipinski definition) is 1. The Hall–Kier alpha value is -0.940. The van der Waals surface area contributed by atoms with Crippen LogP contribution in [0.25, 0.3) is 0 Å². The van der Waals surface area contributed by atoms with Gasteiger partial charge in [0, 0.05) is 11.9 Å². The van der Waals surface area contributed by atoms with Gasteiger partial charge in [-0.2, -0.15) is 0 Å². The molecule has 1 aliphatic heterocycles. The number of furan rings is 1. The van der Waals surface area contributed by atoms with Crippen molar-refractivity contribution in [1.82, 2.24) is 0 Å². The molecule has 1 saturated heterocycles. The summed E-state index contributed by atoms with van der Waals surface area (Å²) in [7, 11) is 0. The van der Waals surface area contributed by atoms with E-state index >= 15 is 0 Å². The van der Waals surface area contributed by atoms with Crippen molar-refractivity contribution in [3.63, 3.8) is 0 Å². The average Bonchev–Trinajstić information content (AvgIpc) is 2.76. The Kier molecular flexibility index (Phi) is 3.11. The van der Waals surface area contributed by atoms with Crippen molar-refractivity contribution in [3.8, 4) is 0 Å². The molecule has 4 nitrogen and oxygen atoms in total. The Morgan fingerprint density at radius 1 is 1.44 bits per heavy atom. The second kappa shape index (κ2) is 4.63. The average molecular weight is 268 g/mol. The lowest BCUT2D eigenvalue weighted by atomic mass is 9.75. The van der Waals surface area contributed by atoms with Gasteiger partial charge in [0.1, 0.15) is 0 Å². The van der Waals surface area contributed by atoms with Crippen LogP contribution in [0.5, 0.6) is 0 Å². The molecular weight excluding hydrogens is 252 g/mol. The SMILES string of the molecule is O=C(O)c1ccc(SC2CCOC3(CCC3)C2)o1. The highest BCUT2D eigenvalue weighted by Gasteiger charge is 2.42. The summed E-state index contributed by atoms with van der Waals surface area (Å²) in [5.41, 5.74) is 0.123. The Bertz CT molecular complexity index is 450. The first-order valence-corrected chi connectivity index (χ1v) is 7.19. The van der Waals surface area contributed by atoms with Crippen molar-refractivity contribution in [2.75, 3.05) is 6.61 Å². The van der Waals surface area contributed by atoms with Gasteiger partial charge in [-0.3, -0.25) is 0 Å². The first-order chi connectivity index (χ1) is 8.67. The summed E-state index contributed by atoms with van der Waals surface area (Å²) in [6, 6.07) is 3.26. The van der Waals surface area contributed by atoms with Crippen molar-refractivity contribution in [3.05, 3.63) is 17.9 Å². The number of carbonyl (C=O) groups is 1. The highest BCUT2D eigenvalue weighted by molar-refractivity contribution is 7.99. The van der Waals surface area contributed by atoms with Crippen LogP contribution in [0.4, 0.5) is 0 Å². The van der Waals surface area contributed by atoms with Crippen molar-refractivity contribution in [2.24, 2.45) is 0 Å². The van der Waals surface area contributed by atoms with Crippen LogP contribution in [0.15, 0.2) is 21.6 Å². The molecule has 18 heavy (non-hydrogen) atoms. The molecule has 0 aromatic carbocycles. The Balaban J connectivity index is 1.63. The molecule has 0 amide bonds. The topological polar surface area (TPSA) is 59.7 Å². The van der Waals surface area contributed by atoms with Crippen LogP contribution >= 0.6 is 11.8 Å². The van der Waals surface area contributed by atoms with E-state index in [1.165, 1.54) is 25.3 Å². The zero-order chi connectivity index (χ0) is 12.6. The van der Waals surface area contributed by atoms with Gasteiger partial charge in [-0.15, -0.1) is 0 Å². The van der Waals surface area contributed by atoms with Gasteiger partial charge in [-0.25, -0.2) is 4.79 Å². The molecular formula is C13H16O4S. The monoisotopic (exact) mass is 268 g/mol. The number of ether oxygens (including phenoxy) is 1. The van der Waals surface area contributed by atoms with Crippen LogP contribution in [-0.4, -0.2) is 28.5 Å². The lowest BCUT2D eigenvalue weighted by Gasteiger charge is -2.46. The van der Waals surface area contributed by atoms with E-state index in [1.807, 2.05) is 0 Å². The molecule has 2 heterocycles. The Morgan fingerprint density at radius 2 is 2.28 bits per heavy atom. The van der Waals surface area contributed by atoms with E-state index < -0.39 is 5.97 Å². The van der Waals surface area contributed by atoms with Gasteiger partial charge in [0.25, 0.3) is 0 Å². The summed E-state index contributed by atoms with van der Waals surface area (Å²) in [4.78, 5) is 10.7. The van der Waals surface area contributed by atoms with Crippen LogP contribution in [0.3, 0.4) is 0 Å². The summed E-state index contributed by atoms with van der Waals surface area (Å²) < 4.78 is 11.2. The number of thioether (sulfide) groups is 1. The predicted molar refractivity (Wildman–Crippen MR) is 67.1 cm³/mol. The molecule has 98 valence electrons. The third kappa shape index (κ3) is 2.29. The van der Waals surface area contributed by atoms with Gasteiger partial charge in [-0.05, 0) is 44.2 Å². The first-order valence-electron chi connectivity index (χ1n) is 6.31. The van der Waals surface area contributed by atoms with Gasteiger partial charge < -0.3 is 14.3 Å². The summed E-state index contributed by atoms with van der Waals surface area (Å²) in [6.45, 7) is 0.810. The smallest absolute Gasteiger partial charge is 0.371 e. The maximum Gasteiger partial charge on any atom is 0.371 e. The minimum Gasteiger partial charge on any atom is -0.475 e. The van der Waals surface area contributed by atoms with Crippen LogP contribution in [0.1, 0.15) is 42.7 Å². The molecule has 1 aromatic rings. The Morgan fingerprint density at radius 3 is 2.89 bits per heavy atom. The van der Waals surface area contributed by atoms with Crippen molar-refractivity contribution < 1.29 is 19.1 Å². The maximum atomic E-state index is 10.7. The molecule has 1 saturated carbocycles. The Labute approximate surface area is 110 Å². The summed E-state index contributed by atoms with van der Waals surface area (Å²) >= 11 is 1.64. The lowest BCUT2D eigenvalue weighted by Crippen LogP contribution is -2.46. The molecule has 1 aromatic heterocycles. The van der Waals surface area contributed by atoms with Crippen LogP contribution in [-0.2, 0) is 4.74 Å². The first kappa shape index (κ1) is 12.1. The van der Waals surface area contributed by atoms with E-state index in [2.05, 4.69) is 0 Å². The zero-order valence-electron chi connectivity index (χ0n) is 10.1. The van der Waals surface area contributed by atoms with Crippen LogP contribution < -0.4 is 0 Å². The van der Waals surface area contributed by atoms with Gasteiger partial charge >= 0.3 is 5.97 Å². The minimum atomic E-state index is -1.01. The molecule has 1 atom stereocenters. The fourth-order valence-electron chi connectivity index (χ4n) is 2.67. The van der Waals surface area contributed by atoms with Crippen molar-refractivity contribution in [2.45, 2.75) is 48.0 Å². The fourth-order valence-corrected chi connectivity index (χ4v) is 3.88. The van der Waals surface area contributed by atoms with Gasteiger partial charge in [0.05, 0.1) is 5.60 Å². The van der Waals surface area contributed by atoms with Crippen LogP contribution in [0.2, 0.25) is 0 Å². The highest BCUT2D eigenvalue weighted by Crippen LogP contribution is 2.46. The van der Waals surface area contributed by atoms with Gasteiger partial charge in [0.2, 0.25) is 5.76 Å². The molecule has 0 bridgehead atoms. The summed E-state index contributed by atoms with van der Waals surface area (Å²) in [5, 5.41) is 9.99. The largest absolute Gasteiger partial charge is 0.475 e. The van der Waals surface area contributed by atoms with E-state index in [-0.39, 0.29) is 11.4 Å². The molecule has 1 N–H and O–H groups in total. The van der Waals surface area contributed by atoms with E-state index in [9.17, 15) is 4.79 Å². The van der Waals surface area contributed by atoms with E-state index in [4.69, 9.17) is 14.3 Å². The number of carboxylic acid groups (broad SMARTS) is 1. The second-order valence-electron chi connectivity index (χ2n) is 5.04. The molecule has 3 rings (SSSR count). The minimum absolute atomic E-state index is 0.0166. The van der Waals surface area contributed by atoms with E-state index in [0.717, 1.165) is 19.4 Å². The number of aromatic carboxylic acids is 1. The molecule has 1 aliphatic carbocycles.